The van der Waals surface area contributed by atoms with E-state index in [1.165, 1.54) is 12.8 Å². The largest absolute Gasteiger partial charge is 0.480 e. The number of amides is 2. The van der Waals surface area contributed by atoms with Gasteiger partial charge in [0.05, 0.1) is 5.37 Å². The third kappa shape index (κ3) is 3.84. The molecule has 0 radical (unpaired) electrons. The van der Waals surface area contributed by atoms with E-state index in [0.29, 0.717) is 12.3 Å². The number of thioether (sulfide) groups is 1. The van der Waals surface area contributed by atoms with Gasteiger partial charge >= 0.3 is 12.0 Å². The van der Waals surface area contributed by atoms with Crippen molar-refractivity contribution >= 4 is 23.8 Å². The first-order valence-corrected chi connectivity index (χ1v) is 8.92. The lowest BCUT2D eigenvalue weighted by Crippen LogP contribution is -2.51. The van der Waals surface area contributed by atoms with Crippen LogP contribution in [0.5, 0.6) is 0 Å². The SMILES string of the molecule is CCCC1SCC(C(=O)O)N1C(=O)NCC1(C)CCCC1. The topological polar surface area (TPSA) is 69.6 Å². The lowest BCUT2D eigenvalue weighted by atomic mass is 9.89. The second-order valence-electron chi connectivity index (χ2n) is 6.51. The molecule has 0 bridgehead atoms. The van der Waals surface area contributed by atoms with E-state index in [2.05, 4.69) is 19.2 Å². The molecule has 1 aliphatic heterocycles. The van der Waals surface area contributed by atoms with Crippen LogP contribution in [0.15, 0.2) is 0 Å². The van der Waals surface area contributed by atoms with Crippen molar-refractivity contribution in [3.05, 3.63) is 0 Å². The summed E-state index contributed by atoms with van der Waals surface area (Å²) in [7, 11) is 0. The van der Waals surface area contributed by atoms with Gasteiger partial charge in [0.2, 0.25) is 0 Å². The molecular weight excluding hydrogens is 288 g/mol. The molecular formula is C15H26N2O3S. The second kappa shape index (κ2) is 6.90. The van der Waals surface area contributed by atoms with E-state index in [0.717, 1.165) is 25.7 Å². The first-order valence-electron chi connectivity index (χ1n) is 7.87. The van der Waals surface area contributed by atoms with Crippen molar-refractivity contribution in [3.8, 4) is 0 Å². The molecule has 2 unspecified atom stereocenters. The van der Waals surface area contributed by atoms with Crippen molar-refractivity contribution in [2.24, 2.45) is 5.41 Å². The van der Waals surface area contributed by atoms with E-state index in [-0.39, 0.29) is 16.8 Å². The van der Waals surface area contributed by atoms with Crippen LogP contribution in [0.3, 0.4) is 0 Å². The summed E-state index contributed by atoms with van der Waals surface area (Å²) in [5, 5.41) is 12.3. The highest BCUT2D eigenvalue weighted by molar-refractivity contribution is 8.00. The molecule has 0 aromatic rings. The van der Waals surface area contributed by atoms with E-state index in [9.17, 15) is 14.7 Å². The van der Waals surface area contributed by atoms with Crippen LogP contribution in [0.2, 0.25) is 0 Å². The molecule has 2 rings (SSSR count). The maximum absolute atomic E-state index is 12.5. The van der Waals surface area contributed by atoms with Gasteiger partial charge in [0.1, 0.15) is 6.04 Å². The van der Waals surface area contributed by atoms with E-state index >= 15 is 0 Å². The molecule has 1 heterocycles. The van der Waals surface area contributed by atoms with E-state index in [1.54, 1.807) is 16.7 Å². The van der Waals surface area contributed by atoms with Crippen molar-refractivity contribution in [2.45, 2.75) is 63.8 Å². The highest BCUT2D eigenvalue weighted by atomic mass is 32.2. The van der Waals surface area contributed by atoms with E-state index in [1.807, 2.05) is 0 Å². The summed E-state index contributed by atoms with van der Waals surface area (Å²) in [6, 6.07) is -0.901. The predicted octanol–water partition coefficient (Wildman–Crippen LogP) is 2.90. The Hall–Kier alpha value is -0.910. The quantitative estimate of drug-likeness (QED) is 0.818. The van der Waals surface area contributed by atoms with Gasteiger partial charge in [-0.05, 0) is 24.7 Å². The van der Waals surface area contributed by atoms with Crippen LogP contribution in [0.1, 0.15) is 52.4 Å². The van der Waals surface area contributed by atoms with Crippen LogP contribution >= 0.6 is 11.8 Å². The van der Waals surface area contributed by atoms with Gasteiger partial charge in [-0.15, -0.1) is 11.8 Å². The number of nitrogens with one attached hydrogen (secondary N) is 1. The monoisotopic (exact) mass is 314 g/mol. The number of aliphatic carboxylic acids is 1. The van der Waals surface area contributed by atoms with Crippen LogP contribution in [0.4, 0.5) is 4.79 Å². The maximum atomic E-state index is 12.5. The van der Waals surface area contributed by atoms with Crippen molar-refractivity contribution in [2.75, 3.05) is 12.3 Å². The fourth-order valence-electron chi connectivity index (χ4n) is 3.28. The Labute approximate surface area is 130 Å². The number of carbonyl (C=O) groups excluding carboxylic acids is 1. The van der Waals surface area contributed by atoms with Gasteiger partial charge in [-0.3, -0.25) is 4.90 Å². The summed E-state index contributed by atoms with van der Waals surface area (Å²) < 4.78 is 0. The van der Waals surface area contributed by atoms with Crippen LogP contribution in [-0.2, 0) is 4.79 Å². The van der Waals surface area contributed by atoms with Gasteiger partial charge in [0.25, 0.3) is 0 Å². The maximum Gasteiger partial charge on any atom is 0.327 e. The van der Waals surface area contributed by atoms with E-state index in [4.69, 9.17) is 0 Å². The molecule has 21 heavy (non-hydrogen) atoms. The highest BCUT2D eigenvalue weighted by Crippen LogP contribution is 2.37. The van der Waals surface area contributed by atoms with Gasteiger partial charge in [0.15, 0.2) is 0 Å². The summed E-state index contributed by atoms with van der Waals surface area (Å²) in [5.74, 6) is -0.409. The summed E-state index contributed by atoms with van der Waals surface area (Å²) in [6.07, 6.45) is 6.53. The summed E-state index contributed by atoms with van der Waals surface area (Å²) in [6.45, 7) is 4.92. The molecule has 2 amide bonds. The summed E-state index contributed by atoms with van der Waals surface area (Å²) >= 11 is 1.58. The Morgan fingerprint density at radius 2 is 2.05 bits per heavy atom. The number of hydrogen-bond acceptors (Lipinski definition) is 3. The molecule has 1 saturated carbocycles. The minimum atomic E-state index is -0.900. The van der Waals surface area contributed by atoms with Crippen LogP contribution in [0.25, 0.3) is 0 Å². The lowest BCUT2D eigenvalue weighted by Gasteiger charge is -2.30. The van der Waals surface area contributed by atoms with Gasteiger partial charge in [0, 0.05) is 12.3 Å². The number of hydrogen-bond donors (Lipinski definition) is 2. The number of carboxylic acids is 1. The second-order valence-corrected chi connectivity index (χ2v) is 7.73. The zero-order valence-electron chi connectivity index (χ0n) is 12.9. The average Bonchev–Trinajstić information content (AvgIpc) is 3.04. The smallest absolute Gasteiger partial charge is 0.327 e. The van der Waals surface area contributed by atoms with Crippen LogP contribution in [0, 0.1) is 5.41 Å². The molecule has 120 valence electrons. The highest BCUT2D eigenvalue weighted by Gasteiger charge is 2.41. The Kier molecular flexibility index (Phi) is 5.41. The predicted molar refractivity (Wildman–Crippen MR) is 84.4 cm³/mol. The van der Waals surface area contributed by atoms with Crippen molar-refractivity contribution in [3.63, 3.8) is 0 Å². The molecule has 1 saturated heterocycles. The van der Waals surface area contributed by atoms with Gasteiger partial charge < -0.3 is 10.4 Å². The first-order chi connectivity index (χ1) is 9.97. The normalized spacial score (nSPS) is 27.8. The molecule has 2 N–H and O–H groups in total. The standard InChI is InChI=1S/C15H26N2O3S/c1-3-6-12-17(11(9-21-12)13(18)19)14(20)16-10-15(2)7-4-5-8-15/h11-12H,3-10H2,1-2H3,(H,16,20)(H,18,19). The molecule has 1 aliphatic carbocycles. The van der Waals surface area contributed by atoms with Crippen molar-refractivity contribution in [1.82, 2.24) is 10.2 Å². The number of carbonyl (C=O) groups is 2. The Bertz CT molecular complexity index is 396. The molecule has 2 fully saturated rings. The van der Waals surface area contributed by atoms with E-state index < -0.39 is 12.0 Å². The fraction of sp³-hybridized carbons (Fsp3) is 0.867. The molecule has 0 spiro atoms. The summed E-state index contributed by atoms with van der Waals surface area (Å²) in [4.78, 5) is 25.4. The van der Waals surface area contributed by atoms with Crippen LogP contribution < -0.4 is 5.32 Å². The lowest BCUT2D eigenvalue weighted by molar-refractivity contribution is -0.141. The molecule has 2 atom stereocenters. The van der Waals surface area contributed by atoms with Gasteiger partial charge in [-0.2, -0.15) is 0 Å². The third-order valence-electron chi connectivity index (χ3n) is 4.62. The molecule has 0 aromatic carbocycles. The minimum Gasteiger partial charge on any atom is -0.480 e. The molecule has 5 nitrogen and oxygen atoms in total. The molecule has 2 aliphatic rings. The zero-order chi connectivity index (χ0) is 15.5. The first kappa shape index (κ1) is 16.5. The van der Waals surface area contributed by atoms with Gasteiger partial charge in [-0.1, -0.05) is 33.1 Å². The zero-order valence-corrected chi connectivity index (χ0v) is 13.7. The Balaban J connectivity index is 1.97. The number of carboxylic acid groups (broad SMARTS) is 1. The third-order valence-corrected chi connectivity index (χ3v) is 5.98. The van der Waals surface area contributed by atoms with Gasteiger partial charge in [-0.25, -0.2) is 9.59 Å². The minimum absolute atomic E-state index is 0.00696. The molecule has 0 aromatic heterocycles. The fourth-order valence-corrected chi connectivity index (χ4v) is 4.79. The molecule has 6 heteroatoms. The number of urea groups is 1. The average molecular weight is 314 g/mol. The number of rotatable bonds is 5. The Morgan fingerprint density at radius 3 is 2.62 bits per heavy atom. The van der Waals surface area contributed by atoms with Crippen molar-refractivity contribution < 1.29 is 14.7 Å². The van der Waals surface area contributed by atoms with Crippen LogP contribution in [-0.4, -0.2) is 45.7 Å². The van der Waals surface area contributed by atoms with Crippen molar-refractivity contribution in [1.29, 1.82) is 0 Å². The number of nitrogens with zero attached hydrogens (tertiary/aromatic N) is 1. The Morgan fingerprint density at radius 1 is 1.38 bits per heavy atom. The summed E-state index contributed by atoms with van der Waals surface area (Å²) in [5.41, 5.74) is 0.182.